The van der Waals surface area contributed by atoms with Gasteiger partial charge in [-0.15, -0.1) is 10.2 Å². The average molecular weight is 240 g/mol. The molecule has 0 saturated heterocycles. The third-order valence-electron chi connectivity index (χ3n) is 1.91. The fourth-order valence-corrected chi connectivity index (χ4v) is 1.82. The number of aromatic nitrogens is 4. The van der Waals surface area contributed by atoms with Gasteiger partial charge in [-0.05, 0) is 11.8 Å². The Morgan fingerprint density at radius 1 is 1.62 bits per heavy atom. The highest BCUT2D eigenvalue weighted by atomic mass is 32.1. The van der Waals surface area contributed by atoms with Crippen molar-refractivity contribution in [1.29, 1.82) is 0 Å². The minimum absolute atomic E-state index is 0.224. The molecule has 0 aliphatic rings. The summed E-state index contributed by atoms with van der Waals surface area (Å²) in [5.41, 5.74) is 5.78. The van der Waals surface area contributed by atoms with Crippen LogP contribution >= 0.6 is 11.3 Å². The van der Waals surface area contributed by atoms with Crippen molar-refractivity contribution in [3.05, 3.63) is 16.3 Å². The van der Waals surface area contributed by atoms with E-state index < -0.39 is 4.92 Å². The molecule has 0 bridgehead atoms. The molecule has 0 unspecified atom stereocenters. The van der Waals surface area contributed by atoms with Crippen LogP contribution in [-0.4, -0.2) is 24.9 Å². The lowest BCUT2D eigenvalue weighted by Crippen LogP contribution is -1.96. The third kappa shape index (κ3) is 1.72. The van der Waals surface area contributed by atoms with Crippen LogP contribution < -0.4 is 5.73 Å². The van der Waals surface area contributed by atoms with Crippen LogP contribution in [0.15, 0.2) is 6.20 Å². The first-order valence-corrected chi connectivity index (χ1v) is 5.24. The van der Waals surface area contributed by atoms with Crippen LogP contribution in [0, 0.1) is 10.1 Å². The maximum atomic E-state index is 10.8. The molecule has 2 rings (SSSR count). The molecule has 9 heteroatoms. The molecule has 8 nitrogen and oxygen atoms in total. The lowest BCUT2D eigenvalue weighted by Gasteiger charge is -1.89. The minimum atomic E-state index is -0.543. The van der Waals surface area contributed by atoms with Gasteiger partial charge in [-0.2, -0.15) is 4.68 Å². The Kier molecular flexibility index (Phi) is 2.52. The predicted molar refractivity (Wildman–Crippen MR) is 57.9 cm³/mol. The van der Waals surface area contributed by atoms with Crippen LogP contribution in [0.2, 0.25) is 0 Å². The van der Waals surface area contributed by atoms with E-state index in [-0.39, 0.29) is 10.9 Å². The maximum absolute atomic E-state index is 10.8. The largest absolute Gasteiger partial charge is 0.400 e. The number of nitrogens with zero attached hydrogens (tertiary/aromatic N) is 5. The van der Waals surface area contributed by atoms with Gasteiger partial charge in [0.25, 0.3) is 0 Å². The Hall–Kier alpha value is -2.03. The van der Waals surface area contributed by atoms with Crippen molar-refractivity contribution in [3.63, 3.8) is 0 Å². The van der Waals surface area contributed by atoms with Gasteiger partial charge in [0.2, 0.25) is 5.13 Å². The Morgan fingerprint density at radius 3 is 2.88 bits per heavy atom. The number of hydrogen-bond acceptors (Lipinski definition) is 7. The zero-order chi connectivity index (χ0) is 11.7. The number of rotatable bonds is 3. The number of nitrogens with two attached hydrogens (primary N) is 1. The monoisotopic (exact) mass is 240 g/mol. The Labute approximate surface area is 93.9 Å². The molecule has 0 amide bonds. The first-order valence-electron chi connectivity index (χ1n) is 4.43. The molecule has 2 aromatic rings. The van der Waals surface area contributed by atoms with Gasteiger partial charge in [-0.1, -0.05) is 11.3 Å². The van der Waals surface area contributed by atoms with E-state index in [2.05, 4.69) is 15.3 Å². The molecule has 0 spiro atoms. The summed E-state index contributed by atoms with van der Waals surface area (Å²) in [6.07, 6.45) is 1.57. The highest BCUT2D eigenvalue weighted by Gasteiger charge is 2.24. The molecule has 0 atom stereocenters. The zero-order valence-electron chi connectivity index (χ0n) is 8.32. The second-order valence-electron chi connectivity index (χ2n) is 2.92. The topological polar surface area (TPSA) is 113 Å². The normalized spacial score (nSPS) is 10.6. The Bertz CT molecular complexity index is 533. The number of nitro groups is 1. The van der Waals surface area contributed by atoms with Crippen molar-refractivity contribution in [3.8, 4) is 10.6 Å². The van der Waals surface area contributed by atoms with Crippen LogP contribution in [0.5, 0.6) is 0 Å². The maximum Gasteiger partial charge on any atom is 0.400 e. The molecule has 0 radical (unpaired) electrons. The molecule has 2 aromatic heterocycles. The lowest BCUT2D eigenvalue weighted by molar-refractivity contribution is -0.389. The molecule has 84 valence electrons. The van der Waals surface area contributed by atoms with Crippen molar-refractivity contribution >= 4 is 22.3 Å². The highest BCUT2D eigenvalue weighted by Crippen LogP contribution is 2.31. The zero-order valence-corrected chi connectivity index (χ0v) is 9.14. The SMILES string of the molecule is CCn1cc(-c2nnc(N)s2)c([N+](=O)[O-])n1. The van der Waals surface area contributed by atoms with Gasteiger partial charge in [0, 0.05) is 0 Å². The molecule has 2 heterocycles. The van der Waals surface area contributed by atoms with Crippen LogP contribution in [0.3, 0.4) is 0 Å². The molecule has 0 fully saturated rings. The fourth-order valence-electron chi connectivity index (χ4n) is 1.20. The summed E-state index contributed by atoms with van der Waals surface area (Å²) < 4.78 is 1.48. The van der Waals surface area contributed by atoms with Crippen LogP contribution in [0.4, 0.5) is 10.9 Å². The third-order valence-corrected chi connectivity index (χ3v) is 2.70. The molecular formula is C7H8N6O2S. The summed E-state index contributed by atoms with van der Waals surface area (Å²) in [6.45, 7) is 2.39. The van der Waals surface area contributed by atoms with E-state index in [1.165, 1.54) is 4.68 Å². The molecule has 2 N–H and O–H groups in total. The number of anilines is 1. The van der Waals surface area contributed by atoms with Gasteiger partial charge in [-0.3, -0.25) is 0 Å². The summed E-state index contributed by atoms with van der Waals surface area (Å²) in [7, 11) is 0. The van der Waals surface area contributed by atoms with E-state index >= 15 is 0 Å². The molecular weight excluding hydrogens is 232 g/mol. The van der Waals surface area contributed by atoms with E-state index in [1.54, 1.807) is 6.20 Å². The Morgan fingerprint density at radius 2 is 2.38 bits per heavy atom. The molecule has 0 aliphatic carbocycles. The molecule has 0 aromatic carbocycles. The molecule has 16 heavy (non-hydrogen) atoms. The van der Waals surface area contributed by atoms with Gasteiger partial charge < -0.3 is 15.8 Å². The highest BCUT2D eigenvalue weighted by molar-refractivity contribution is 7.18. The van der Waals surface area contributed by atoms with E-state index in [0.29, 0.717) is 17.1 Å². The van der Waals surface area contributed by atoms with Crippen molar-refractivity contribution in [2.24, 2.45) is 0 Å². The van der Waals surface area contributed by atoms with E-state index in [0.717, 1.165) is 11.3 Å². The van der Waals surface area contributed by atoms with Crippen molar-refractivity contribution in [2.45, 2.75) is 13.5 Å². The predicted octanol–water partition coefficient (Wildman–Crippen LogP) is 0.912. The van der Waals surface area contributed by atoms with Crippen molar-refractivity contribution < 1.29 is 4.92 Å². The van der Waals surface area contributed by atoms with Crippen molar-refractivity contribution in [1.82, 2.24) is 20.0 Å². The smallest absolute Gasteiger partial charge is 0.374 e. The first kappa shape index (κ1) is 10.5. The minimum Gasteiger partial charge on any atom is -0.374 e. The lowest BCUT2D eigenvalue weighted by atomic mass is 10.3. The van der Waals surface area contributed by atoms with Crippen LogP contribution in [-0.2, 0) is 6.54 Å². The van der Waals surface area contributed by atoms with Crippen LogP contribution in [0.25, 0.3) is 10.6 Å². The summed E-state index contributed by atoms with van der Waals surface area (Å²) in [6, 6.07) is 0. The average Bonchev–Trinajstić information content (AvgIpc) is 2.82. The number of aryl methyl sites for hydroxylation is 1. The molecule has 0 saturated carbocycles. The summed E-state index contributed by atoms with van der Waals surface area (Å²) in [5.74, 6) is -0.224. The van der Waals surface area contributed by atoms with Crippen molar-refractivity contribution in [2.75, 3.05) is 5.73 Å². The first-order chi connectivity index (χ1) is 7.61. The number of hydrogen-bond donors (Lipinski definition) is 1. The molecule has 0 aliphatic heterocycles. The Balaban J connectivity index is 2.54. The van der Waals surface area contributed by atoms with E-state index in [9.17, 15) is 10.1 Å². The van der Waals surface area contributed by atoms with E-state index in [1.807, 2.05) is 6.92 Å². The van der Waals surface area contributed by atoms with Gasteiger partial charge in [-0.25, -0.2) is 0 Å². The van der Waals surface area contributed by atoms with Crippen LogP contribution in [0.1, 0.15) is 6.92 Å². The van der Waals surface area contributed by atoms with Gasteiger partial charge in [0.05, 0.1) is 17.8 Å². The van der Waals surface area contributed by atoms with E-state index in [4.69, 9.17) is 5.73 Å². The van der Waals surface area contributed by atoms with Gasteiger partial charge in [0.1, 0.15) is 5.56 Å². The standard InChI is InChI=1S/C7H8N6O2S/c1-2-12-3-4(5(11-12)13(14)15)6-9-10-7(8)16-6/h3H,2H2,1H3,(H2,8,10). The second-order valence-corrected chi connectivity index (χ2v) is 3.93. The number of nitrogen functional groups attached to an aromatic ring is 1. The van der Waals surface area contributed by atoms with Gasteiger partial charge in [0.15, 0.2) is 5.01 Å². The summed E-state index contributed by atoms with van der Waals surface area (Å²) in [5, 5.41) is 22.7. The quantitative estimate of drug-likeness (QED) is 0.630. The fraction of sp³-hybridized carbons (Fsp3) is 0.286. The van der Waals surface area contributed by atoms with Gasteiger partial charge >= 0.3 is 5.82 Å². The summed E-state index contributed by atoms with van der Waals surface area (Å²) in [4.78, 5) is 10.2. The second kappa shape index (κ2) is 3.85. The summed E-state index contributed by atoms with van der Waals surface area (Å²) >= 11 is 1.09.